The van der Waals surface area contributed by atoms with Crippen LogP contribution in [0.3, 0.4) is 0 Å². The Morgan fingerprint density at radius 1 is 1.21 bits per heavy atom. The smallest absolute Gasteiger partial charge is 0.185 e. The number of benzene rings is 1. The predicted octanol–water partition coefficient (Wildman–Crippen LogP) is 4.30. The summed E-state index contributed by atoms with van der Waals surface area (Å²) in [5, 5.41) is 0.647. The van der Waals surface area contributed by atoms with Crippen LogP contribution in [0, 0.1) is 0 Å². The molecule has 2 aromatic rings. The van der Waals surface area contributed by atoms with Crippen LogP contribution in [-0.4, -0.2) is 15.7 Å². The van der Waals surface area contributed by atoms with E-state index in [1.165, 1.54) is 11.3 Å². The fourth-order valence-corrected chi connectivity index (χ4v) is 4.15. The average molecular weight is 378 g/mol. The predicted molar refractivity (Wildman–Crippen MR) is 84.5 cm³/mol. The molecular formula is C13H10BrClO2S2. The normalized spacial score (nSPS) is 12.3. The molecule has 6 heteroatoms. The van der Waals surface area contributed by atoms with Gasteiger partial charge >= 0.3 is 0 Å². The van der Waals surface area contributed by atoms with Gasteiger partial charge in [-0.3, -0.25) is 9.00 Å². The summed E-state index contributed by atoms with van der Waals surface area (Å²) in [6.45, 7) is 0. The monoisotopic (exact) mass is 376 g/mol. The third-order valence-electron chi connectivity index (χ3n) is 2.38. The molecule has 1 unspecified atom stereocenters. The first kappa shape index (κ1) is 14.9. The van der Waals surface area contributed by atoms with E-state index in [1.54, 1.807) is 18.2 Å². The maximum Gasteiger partial charge on any atom is 0.185 e. The van der Waals surface area contributed by atoms with Crippen molar-refractivity contribution in [1.29, 1.82) is 0 Å². The summed E-state index contributed by atoms with van der Waals surface area (Å²) in [5.74, 6) is 0.341. The summed E-state index contributed by atoms with van der Waals surface area (Å²) < 4.78 is 12.8. The minimum absolute atomic E-state index is 0.0512. The first-order chi connectivity index (χ1) is 9.04. The van der Waals surface area contributed by atoms with Crippen LogP contribution in [0.2, 0.25) is 5.02 Å². The Labute approximate surface area is 131 Å². The molecule has 1 aromatic heterocycles. The van der Waals surface area contributed by atoms with Gasteiger partial charge in [-0.25, -0.2) is 0 Å². The first-order valence-corrected chi connectivity index (χ1v) is 8.90. The molecule has 0 N–H and O–H groups in total. The van der Waals surface area contributed by atoms with Gasteiger partial charge in [0.2, 0.25) is 0 Å². The topological polar surface area (TPSA) is 34.1 Å². The van der Waals surface area contributed by atoms with E-state index in [9.17, 15) is 9.00 Å². The summed E-state index contributed by atoms with van der Waals surface area (Å²) in [7, 11) is -1.20. The molecule has 100 valence electrons. The van der Waals surface area contributed by atoms with Crippen LogP contribution in [0.15, 0.2) is 40.2 Å². The molecule has 0 bridgehead atoms. The van der Waals surface area contributed by atoms with E-state index >= 15 is 0 Å². The van der Waals surface area contributed by atoms with Crippen LogP contribution in [0.4, 0.5) is 0 Å². The Balaban J connectivity index is 1.94. The van der Waals surface area contributed by atoms with Crippen LogP contribution in [-0.2, 0) is 16.6 Å². The Morgan fingerprint density at radius 2 is 1.89 bits per heavy atom. The van der Waals surface area contributed by atoms with Crippen LogP contribution in [0.5, 0.6) is 0 Å². The fourth-order valence-electron chi connectivity index (χ4n) is 1.50. The number of carbonyl (C=O) groups excluding carboxylic acids is 1. The molecule has 2 rings (SSSR count). The SMILES string of the molecule is O=C(CS(=O)Cc1ccc(Cl)cc1)c1ccc(Br)s1. The van der Waals surface area contributed by atoms with Crippen molar-refractivity contribution in [2.75, 3.05) is 5.75 Å². The molecule has 1 heterocycles. The second-order valence-electron chi connectivity index (χ2n) is 3.88. The number of ketones is 1. The second kappa shape index (κ2) is 6.79. The molecular weight excluding hydrogens is 368 g/mol. The maximum atomic E-state index is 11.9. The second-order valence-corrected chi connectivity index (χ2v) is 8.24. The van der Waals surface area contributed by atoms with Gasteiger partial charge < -0.3 is 0 Å². The number of hydrogen-bond acceptors (Lipinski definition) is 3. The molecule has 0 spiro atoms. The number of thiophene rings is 1. The van der Waals surface area contributed by atoms with Crippen LogP contribution < -0.4 is 0 Å². The minimum atomic E-state index is -1.20. The average Bonchev–Trinajstić information content (AvgIpc) is 2.79. The van der Waals surface area contributed by atoms with Gasteiger partial charge in [0, 0.05) is 21.6 Å². The molecule has 0 saturated heterocycles. The van der Waals surface area contributed by atoms with Crippen molar-refractivity contribution >= 4 is 55.5 Å². The van der Waals surface area contributed by atoms with E-state index < -0.39 is 10.8 Å². The third kappa shape index (κ3) is 4.53. The van der Waals surface area contributed by atoms with Gasteiger partial charge in [-0.1, -0.05) is 23.7 Å². The Hall–Kier alpha value is -0.490. The zero-order valence-corrected chi connectivity index (χ0v) is 13.7. The molecule has 0 saturated carbocycles. The molecule has 0 amide bonds. The van der Waals surface area contributed by atoms with E-state index in [-0.39, 0.29) is 11.5 Å². The van der Waals surface area contributed by atoms with Crippen molar-refractivity contribution in [3.63, 3.8) is 0 Å². The highest BCUT2D eigenvalue weighted by molar-refractivity contribution is 9.11. The van der Waals surface area contributed by atoms with Crippen molar-refractivity contribution in [3.8, 4) is 0 Å². The largest absolute Gasteiger partial charge is 0.292 e. The van der Waals surface area contributed by atoms with Gasteiger partial charge in [-0.15, -0.1) is 11.3 Å². The fraction of sp³-hybridized carbons (Fsp3) is 0.154. The lowest BCUT2D eigenvalue weighted by Gasteiger charge is -2.01. The quantitative estimate of drug-likeness (QED) is 0.728. The van der Waals surface area contributed by atoms with Crippen molar-refractivity contribution in [2.24, 2.45) is 0 Å². The van der Waals surface area contributed by atoms with E-state index in [2.05, 4.69) is 15.9 Å². The lowest BCUT2D eigenvalue weighted by molar-refractivity contribution is 0.102. The zero-order chi connectivity index (χ0) is 13.8. The number of carbonyl (C=O) groups is 1. The maximum absolute atomic E-state index is 11.9. The summed E-state index contributed by atoms with van der Waals surface area (Å²) in [6, 6.07) is 10.7. The highest BCUT2D eigenvalue weighted by Gasteiger charge is 2.13. The van der Waals surface area contributed by atoms with Gasteiger partial charge in [0.05, 0.1) is 14.4 Å². The van der Waals surface area contributed by atoms with Crippen LogP contribution >= 0.6 is 38.9 Å². The lowest BCUT2D eigenvalue weighted by Crippen LogP contribution is -2.11. The summed E-state index contributed by atoms with van der Waals surface area (Å²) >= 11 is 10.4. The summed E-state index contributed by atoms with van der Waals surface area (Å²) in [6.07, 6.45) is 0. The number of halogens is 2. The van der Waals surface area contributed by atoms with E-state index in [0.717, 1.165) is 9.35 Å². The van der Waals surface area contributed by atoms with Gasteiger partial charge in [-0.2, -0.15) is 0 Å². The van der Waals surface area contributed by atoms with E-state index in [1.807, 2.05) is 18.2 Å². The third-order valence-corrected chi connectivity index (χ3v) is 5.54. The van der Waals surface area contributed by atoms with Crippen molar-refractivity contribution < 1.29 is 9.00 Å². The number of rotatable bonds is 5. The molecule has 0 fully saturated rings. The minimum Gasteiger partial charge on any atom is -0.292 e. The molecule has 2 nitrogen and oxygen atoms in total. The van der Waals surface area contributed by atoms with E-state index in [0.29, 0.717) is 15.7 Å². The van der Waals surface area contributed by atoms with Crippen LogP contribution in [0.25, 0.3) is 0 Å². The van der Waals surface area contributed by atoms with Gasteiger partial charge in [-0.05, 0) is 45.8 Å². The summed E-state index contributed by atoms with van der Waals surface area (Å²) in [4.78, 5) is 12.5. The van der Waals surface area contributed by atoms with E-state index in [4.69, 9.17) is 11.6 Å². The molecule has 0 aliphatic carbocycles. The highest BCUT2D eigenvalue weighted by Crippen LogP contribution is 2.22. The molecule has 19 heavy (non-hydrogen) atoms. The van der Waals surface area contributed by atoms with Crippen LogP contribution in [0.1, 0.15) is 15.2 Å². The standard InChI is InChI=1S/C13H10BrClO2S2/c14-13-6-5-12(18-13)11(16)8-19(17)7-9-1-3-10(15)4-2-9/h1-6H,7-8H2. The lowest BCUT2D eigenvalue weighted by atomic mass is 10.2. The summed E-state index contributed by atoms with van der Waals surface area (Å²) in [5.41, 5.74) is 0.919. The van der Waals surface area contributed by atoms with Crippen molar-refractivity contribution in [1.82, 2.24) is 0 Å². The number of hydrogen-bond donors (Lipinski definition) is 0. The van der Waals surface area contributed by atoms with Gasteiger partial charge in [0.15, 0.2) is 5.78 Å². The Bertz CT molecular complexity index is 607. The Morgan fingerprint density at radius 3 is 2.47 bits per heavy atom. The molecule has 0 aliphatic heterocycles. The van der Waals surface area contributed by atoms with Gasteiger partial charge in [0.25, 0.3) is 0 Å². The Kier molecular flexibility index (Phi) is 5.33. The first-order valence-electron chi connectivity index (χ1n) is 5.42. The number of Topliss-reactive ketones (excluding diaryl/α,β-unsaturated/α-hetero) is 1. The van der Waals surface area contributed by atoms with Crippen molar-refractivity contribution in [2.45, 2.75) is 5.75 Å². The van der Waals surface area contributed by atoms with Gasteiger partial charge in [0.1, 0.15) is 0 Å². The molecule has 0 radical (unpaired) electrons. The molecule has 0 aliphatic rings. The molecule has 1 atom stereocenters. The highest BCUT2D eigenvalue weighted by atomic mass is 79.9. The zero-order valence-electron chi connectivity index (χ0n) is 9.77. The molecule has 1 aromatic carbocycles. The van der Waals surface area contributed by atoms with Crippen molar-refractivity contribution in [3.05, 3.63) is 55.6 Å².